The van der Waals surface area contributed by atoms with Crippen LogP contribution in [0.25, 0.3) is 6.08 Å². The van der Waals surface area contributed by atoms with Crippen LogP contribution >= 0.6 is 27.7 Å². The summed E-state index contributed by atoms with van der Waals surface area (Å²) in [5, 5.41) is 9.23. The number of carboxylic acids is 1. The number of carbonyl (C=O) groups is 2. The lowest BCUT2D eigenvalue weighted by Gasteiger charge is -2.11. The van der Waals surface area contributed by atoms with E-state index in [4.69, 9.17) is 9.84 Å². The first-order valence-electron chi connectivity index (χ1n) is 8.57. The summed E-state index contributed by atoms with van der Waals surface area (Å²) >= 11 is 4.58. The molecule has 29 heavy (non-hydrogen) atoms. The van der Waals surface area contributed by atoms with Crippen LogP contribution < -0.4 is 4.74 Å². The number of aliphatic carboxylic acids is 1. The van der Waals surface area contributed by atoms with E-state index in [0.717, 1.165) is 5.56 Å². The van der Waals surface area contributed by atoms with Crippen LogP contribution in [-0.2, 0) is 9.59 Å². The minimum Gasteiger partial charge on any atom is -0.481 e. The third-order valence-corrected chi connectivity index (χ3v) is 5.49. The number of rotatable bonds is 6. The first-order valence-corrected chi connectivity index (χ1v) is 10.2. The van der Waals surface area contributed by atoms with Crippen molar-refractivity contribution in [3.63, 3.8) is 0 Å². The van der Waals surface area contributed by atoms with Gasteiger partial charge in [0.1, 0.15) is 11.6 Å². The Morgan fingerprint density at radius 2 is 2.03 bits per heavy atom. The van der Waals surface area contributed by atoms with Crippen molar-refractivity contribution in [1.29, 1.82) is 0 Å². The second kappa shape index (κ2) is 9.23. The highest BCUT2D eigenvalue weighted by molar-refractivity contribution is 9.10. The number of amides is 1. The molecule has 0 radical (unpaired) electrons. The number of amidine groups is 1. The minimum absolute atomic E-state index is 0.166. The van der Waals surface area contributed by atoms with Gasteiger partial charge in [-0.2, -0.15) is 0 Å². The van der Waals surface area contributed by atoms with Gasteiger partial charge in [-0.05, 0) is 82.7 Å². The first kappa shape index (κ1) is 21.1. The van der Waals surface area contributed by atoms with Gasteiger partial charge in [-0.15, -0.1) is 0 Å². The molecule has 6 nitrogen and oxygen atoms in total. The summed E-state index contributed by atoms with van der Waals surface area (Å²) < 4.78 is 18.8. The Hall–Kier alpha value is -2.65. The maximum absolute atomic E-state index is 13.1. The van der Waals surface area contributed by atoms with Gasteiger partial charge >= 0.3 is 5.97 Å². The van der Waals surface area contributed by atoms with E-state index in [2.05, 4.69) is 20.9 Å². The summed E-state index contributed by atoms with van der Waals surface area (Å²) in [4.78, 5) is 29.9. The van der Waals surface area contributed by atoms with Crippen molar-refractivity contribution in [3.05, 3.63) is 63.2 Å². The summed E-state index contributed by atoms with van der Waals surface area (Å²) in [5.74, 6) is -1.18. The van der Waals surface area contributed by atoms with Crippen LogP contribution in [0.4, 0.5) is 10.1 Å². The molecule has 0 aromatic heterocycles. The number of carboxylic acid groups (broad SMARTS) is 1. The number of thioether (sulfide) groups is 1. The van der Waals surface area contributed by atoms with Gasteiger partial charge in [-0.3, -0.25) is 9.69 Å². The van der Waals surface area contributed by atoms with Gasteiger partial charge in [0, 0.05) is 6.54 Å². The molecule has 1 amide bonds. The lowest BCUT2D eigenvalue weighted by atomic mass is 10.2. The Balaban J connectivity index is 1.84. The number of likely N-dealkylation sites (N-methyl/N-ethyl adjacent to an activating group) is 1. The van der Waals surface area contributed by atoms with Gasteiger partial charge in [0.15, 0.2) is 11.8 Å². The Kier molecular flexibility index (Phi) is 6.71. The van der Waals surface area contributed by atoms with Gasteiger partial charge in [0.2, 0.25) is 0 Å². The molecule has 0 saturated carbocycles. The number of hydrogen-bond acceptors (Lipinski definition) is 5. The minimum atomic E-state index is -1.07. The molecule has 1 heterocycles. The number of benzene rings is 2. The fourth-order valence-corrected chi connectivity index (χ4v) is 4.08. The predicted octanol–water partition coefficient (Wildman–Crippen LogP) is 4.68. The molecular weight excluding hydrogens is 463 g/mol. The Morgan fingerprint density at radius 3 is 2.66 bits per heavy atom. The molecule has 1 aliphatic heterocycles. The quantitative estimate of drug-likeness (QED) is 0.609. The molecule has 3 rings (SSSR count). The SMILES string of the molecule is CCN1C(=O)/C(=C\c2ccc(OCC(=O)O)c(Br)c2)SC1=Nc1ccc(F)cc1. The fraction of sp³-hybridized carbons (Fsp3) is 0.150. The molecule has 1 fully saturated rings. The van der Waals surface area contributed by atoms with Crippen LogP contribution in [0.1, 0.15) is 12.5 Å². The topological polar surface area (TPSA) is 79.2 Å². The normalized spacial score (nSPS) is 16.7. The molecule has 1 N–H and O–H groups in total. The Bertz CT molecular complexity index is 1010. The van der Waals surface area contributed by atoms with Crippen molar-refractivity contribution in [2.24, 2.45) is 4.99 Å². The average Bonchev–Trinajstić information content (AvgIpc) is 2.97. The molecule has 0 aliphatic carbocycles. The molecule has 0 bridgehead atoms. The number of ether oxygens (including phenoxy) is 1. The van der Waals surface area contributed by atoms with Crippen molar-refractivity contribution in [2.45, 2.75) is 6.92 Å². The molecule has 2 aromatic carbocycles. The van der Waals surface area contributed by atoms with Crippen LogP contribution in [0.2, 0.25) is 0 Å². The summed E-state index contributed by atoms with van der Waals surface area (Å²) in [6.07, 6.45) is 1.73. The molecule has 1 aliphatic rings. The van der Waals surface area contributed by atoms with Crippen molar-refractivity contribution < 1.29 is 23.8 Å². The van der Waals surface area contributed by atoms with Gasteiger partial charge in [-0.1, -0.05) is 6.07 Å². The zero-order valence-corrected chi connectivity index (χ0v) is 17.7. The van der Waals surface area contributed by atoms with Gasteiger partial charge in [0.25, 0.3) is 5.91 Å². The van der Waals surface area contributed by atoms with E-state index >= 15 is 0 Å². The number of halogens is 2. The monoisotopic (exact) mass is 478 g/mol. The molecule has 0 unspecified atom stereocenters. The van der Waals surface area contributed by atoms with Crippen molar-refractivity contribution >= 4 is 56.5 Å². The number of nitrogens with zero attached hydrogens (tertiary/aromatic N) is 2. The van der Waals surface area contributed by atoms with Crippen LogP contribution in [0.5, 0.6) is 5.75 Å². The van der Waals surface area contributed by atoms with Crippen LogP contribution in [-0.4, -0.2) is 40.2 Å². The average molecular weight is 479 g/mol. The fourth-order valence-electron chi connectivity index (χ4n) is 2.51. The standard InChI is InChI=1S/C20H16BrFN2O4S/c1-2-24-19(27)17(29-20(24)23-14-6-4-13(22)5-7-14)10-12-3-8-16(15(21)9-12)28-11-18(25)26/h3-10H,2,11H2,1H3,(H,25,26)/b17-10+,23-20?. The second-order valence-electron chi connectivity index (χ2n) is 5.90. The predicted molar refractivity (Wildman–Crippen MR) is 114 cm³/mol. The van der Waals surface area contributed by atoms with Crippen molar-refractivity contribution in [1.82, 2.24) is 4.90 Å². The van der Waals surface area contributed by atoms with E-state index in [1.54, 1.807) is 41.3 Å². The summed E-state index contributed by atoms with van der Waals surface area (Å²) in [5.41, 5.74) is 1.30. The Morgan fingerprint density at radius 1 is 1.31 bits per heavy atom. The highest BCUT2D eigenvalue weighted by Crippen LogP contribution is 2.35. The van der Waals surface area contributed by atoms with Crippen molar-refractivity contribution in [3.8, 4) is 5.75 Å². The molecule has 0 spiro atoms. The van der Waals surface area contributed by atoms with E-state index < -0.39 is 12.6 Å². The Labute approximate surface area is 179 Å². The van der Waals surface area contributed by atoms with Gasteiger partial charge in [-0.25, -0.2) is 14.2 Å². The summed E-state index contributed by atoms with van der Waals surface area (Å²) in [7, 11) is 0. The van der Waals surface area contributed by atoms with E-state index in [-0.39, 0.29) is 11.7 Å². The van der Waals surface area contributed by atoms with E-state index in [0.29, 0.717) is 32.5 Å². The van der Waals surface area contributed by atoms with Gasteiger partial charge < -0.3 is 9.84 Å². The summed E-state index contributed by atoms with van der Waals surface area (Å²) in [6.45, 7) is 1.86. The third kappa shape index (κ3) is 5.24. The van der Waals surface area contributed by atoms with E-state index in [1.807, 2.05) is 6.92 Å². The van der Waals surface area contributed by atoms with Crippen LogP contribution in [0, 0.1) is 5.82 Å². The van der Waals surface area contributed by atoms with Crippen LogP contribution in [0.15, 0.2) is 56.8 Å². The highest BCUT2D eigenvalue weighted by atomic mass is 79.9. The van der Waals surface area contributed by atoms with E-state index in [1.165, 1.54) is 23.9 Å². The maximum Gasteiger partial charge on any atom is 0.341 e. The molecule has 9 heteroatoms. The maximum atomic E-state index is 13.1. The van der Waals surface area contributed by atoms with Crippen molar-refractivity contribution in [2.75, 3.05) is 13.2 Å². The molecular formula is C20H16BrFN2O4S. The number of aliphatic imine (C=N–C) groups is 1. The largest absolute Gasteiger partial charge is 0.481 e. The molecule has 0 atom stereocenters. The van der Waals surface area contributed by atoms with Crippen LogP contribution in [0.3, 0.4) is 0 Å². The molecule has 2 aromatic rings. The first-order chi connectivity index (χ1) is 13.9. The lowest BCUT2D eigenvalue weighted by molar-refractivity contribution is -0.139. The smallest absolute Gasteiger partial charge is 0.341 e. The number of carbonyl (C=O) groups excluding carboxylic acids is 1. The third-order valence-electron chi connectivity index (χ3n) is 3.86. The second-order valence-corrected chi connectivity index (χ2v) is 7.77. The highest BCUT2D eigenvalue weighted by Gasteiger charge is 2.32. The molecule has 1 saturated heterocycles. The molecule has 150 valence electrons. The number of hydrogen-bond donors (Lipinski definition) is 1. The summed E-state index contributed by atoms with van der Waals surface area (Å²) in [6, 6.07) is 10.8. The van der Waals surface area contributed by atoms with Gasteiger partial charge in [0.05, 0.1) is 15.1 Å². The zero-order chi connectivity index (χ0) is 21.0. The van der Waals surface area contributed by atoms with E-state index in [9.17, 15) is 14.0 Å². The zero-order valence-electron chi connectivity index (χ0n) is 15.3. The lowest BCUT2D eigenvalue weighted by Crippen LogP contribution is -2.28.